The summed E-state index contributed by atoms with van der Waals surface area (Å²) in [5.74, 6) is -0.178. The standard InChI is InChI=1S/C17H26N2O2/c1-16(2,3)15(20)21-19-11-9-17(13-18,10-12-19)14-7-5-4-6-8-14/h4-8H,9-13,18H2,1-3H3. The largest absolute Gasteiger partial charge is 0.367 e. The fourth-order valence-corrected chi connectivity index (χ4v) is 2.66. The molecule has 0 saturated carbocycles. The summed E-state index contributed by atoms with van der Waals surface area (Å²) in [5.41, 5.74) is 6.88. The summed E-state index contributed by atoms with van der Waals surface area (Å²) in [4.78, 5) is 17.4. The molecule has 1 heterocycles. The van der Waals surface area contributed by atoms with Crippen molar-refractivity contribution in [3.63, 3.8) is 0 Å². The first-order valence-electron chi connectivity index (χ1n) is 7.60. The molecule has 0 amide bonds. The Morgan fingerprint density at radius 3 is 2.29 bits per heavy atom. The zero-order valence-electron chi connectivity index (χ0n) is 13.3. The van der Waals surface area contributed by atoms with E-state index < -0.39 is 5.41 Å². The van der Waals surface area contributed by atoms with Gasteiger partial charge in [-0.1, -0.05) is 30.3 Å². The smallest absolute Gasteiger partial charge is 0.330 e. The van der Waals surface area contributed by atoms with Gasteiger partial charge >= 0.3 is 5.97 Å². The van der Waals surface area contributed by atoms with E-state index in [0.717, 1.165) is 25.9 Å². The molecule has 1 aliphatic heterocycles. The normalized spacial score (nSPS) is 19.2. The van der Waals surface area contributed by atoms with Gasteiger partial charge in [-0.25, -0.2) is 4.79 Å². The van der Waals surface area contributed by atoms with Crippen molar-refractivity contribution in [3.05, 3.63) is 35.9 Å². The number of hydroxylamine groups is 2. The van der Waals surface area contributed by atoms with Gasteiger partial charge in [0.15, 0.2) is 0 Å². The average molecular weight is 290 g/mol. The third-order valence-electron chi connectivity index (χ3n) is 4.28. The molecule has 2 N–H and O–H groups in total. The number of rotatable bonds is 3. The number of hydrogen-bond acceptors (Lipinski definition) is 4. The molecule has 1 saturated heterocycles. The fraction of sp³-hybridized carbons (Fsp3) is 0.588. The molecule has 21 heavy (non-hydrogen) atoms. The van der Waals surface area contributed by atoms with E-state index in [9.17, 15) is 4.79 Å². The Bertz CT molecular complexity index is 471. The van der Waals surface area contributed by atoms with Crippen LogP contribution in [0.5, 0.6) is 0 Å². The molecule has 1 aromatic rings. The molecule has 0 radical (unpaired) electrons. The lowest BCUT2D eigenvalue weighted by molar-refractivity contribution is -0.206. The molecule has 1 aliphatic rings. The number of nitrogens with zero attached hydrogens (tertiary/aromatic N) is 1. The van der Waals surface area contributed by atoms with Crippen LogP contribution in [0.25, 0.3) is 0 Å². The van der Waals surface area contributed by atoms with E-state index >= 15 is 0 Å². The Morgan fingerprint density at radius 1 is 1.24 bits per heavy atom. The molecular formula is C17H26N2O2. The maximum atomic E-state index is 11.9. The van der Waals surface area contributed by atoms with E-state index in [1.807, 2.05) is 26.8 Å². The first kappa shape index (κ1) is 16.0. The fourth-order valence-electron chi connectivity index (χ4n) is 2.66. The van der Waals surface area contributed by atoms with Gasteiger partial charge in [-0.3, -0.25) is 0 Å². The topological polar surface area (TPSA) is 55.6 Å². The van der Waals surface area contributed by atoms with Gasteiger partial charge in [0.25, 0.3) is 0 Å². The highest BCUT2D eigenvalue weighted by Gasteiger charge is 2.37. The zero-order valence-corrected chi connectivity index (χ0v) is 13.3. The summed E-state index contributed by atoms with van der Waals surface area (Å²) in [5, 5.41) is 1.78. The van der Waals surface area contributed by atoms with Gasteiger partial charge in [0.05, 0.1) is 5.41 Å². The van der Waals surface area contributed by atoms with Crippen molar-refractivity contribution in [2.45, 2.75) is 39.0 Å². The summed E-state index contributed by atoms with van der Waals surface area (Å²) in [6.07, 6.45) is 1.82. The van der Waals surface area contributed by atoms with Crippen LogP contribution in [-0.2, 0) is 15.0 Å². The highest BCUT2D eigenvalue weighted by atomic mass is 16.7. The second-order valence-corrected chi connectivity index (χ2v) is 6.91. The molecule has 116 valence electrons. The molecule has 2 rings (SSSR count). The average Bonchev–Trinajstić information content (AvgIpc) is 2.48. The third kappa shape index (κ3) is 3.63. The van der Waals surface area contributed by atoms with E-state index in [4.69, 9.17) is 10.6 Å². The SMILES string of the molecule is CC(C)(C)C(=O)ON1CCC(CN)(c2ccccc2)CC1. The first-order chi connectivity index (χ1) is 9.87. The molecule has 0 aromatic heterocycles. The van der Waals surface area contributed by atoms with Crippen molar-refractivity contribution < 1.29 is 9.63 Å². The molecule has 0 unspecified atom stereocenters. The van der Waals surface area contributed by atoms with Gasteiger partial charge in [0.2, 0.25) is 0 Å². The van der Waals surface area contributed by atoms with Crippen LogP contribution in [-0.4, -0.2) is 30.7 Å². The first-order valence-corrected chi connectivity index (χ1v) is 7.60. The van der Waals surface area contributed by atoms with E-state index in [-0.39, 0.29) is 11.4 Å². The van der Waals surface area contributed by atoms with Gasteiger partial charge in [-0.15, -0.1) is 5.06 Å². The van der Waals surface area contributed by atoms with Gasteiger partial charge in [0.1, 0.15) is 0 Å². The van der Waals surface area contributed by atoms with Crippen molar-refractivity contribution in [2.75, 3.05) is 19.6 Å². The molecule has 4 heteroatoms. The zero-order chi connectivity index (χ0) is 15.5. The highest BCUT2D eigenvalue weighted by Crippen LogP contribution is 2.34. The lowest BCUT2D eigenvalue weighted by Crippen LogP contribution is -2.48. The van der Waals surface area contributed by atoms with Crippen molar-refractivity contribution in [2.24, 2.45) is 11.1 Å². The van der Waals surface area contributed by atoms with Crippen LogP contribution >= 0.6 is 0 Å². The van der Waals surface area contributed by atoms with Crippen LogP contribution in [0.4, 0.5) is 0 Å². The Hall–Kier alpha value is -1.39. The Balaban J connectivity index is 2.00. The Kier molecular flexibility index (Phi) is 4.69. The van der Waals surface area contributed by atoms with Gasteiger partial charge in [-0.2, -0.15) is 0 Å². The summed E-state index contributed by atoms with van der Waals surface area (Å²) in [6, 6.07) is 10.4. The molecular weight excluding hydrogens is 264 g/mol. The minimum atomic E-state index is -0.470. The number of carbonyl (C=O) groups excluding carboxylic acids is 1. The van der Waals surface area contributed by atoms with Crippen molar-refractivity contribution in [1.82, 2.24) is 5.06 Å². The molecule has 4 nitrogen and oxygen atoms in total. The molecule has 0 spiro atoms. The lowest BCUT2D eigenvalue weighted by Gasteiger charge is -2.41. The summed E-state index contributed by atoms with van der Waals surface area (Å²) >= 11 is 0. The van der Waals surface area contributed by atoms with Crippen LogP contribution in [0.1, 0.15) is 39.2 Å². The number of nitrogens with two attached hydrogens (primary N) is 1. The van der Waals surface area contributed by atoms with E-state index in [0.29, 0.717) is 6.54 Å². The molecule has 0 atom stereocenters. The quantitative estimate of drug-likeness (QED) is 0.929. The summed E-state index contributed by atoms with van der Waals surface area (Å²) < 4.78 is 0. The monoisotopic (exact) mass is 290 g/mol. The Morgan fingerprint density at radius 2 is 1.81 bits per heavy atom. The van der Waals surface area contributed by atoms with Crippen LogP contribution in [0, 0.1) is 5.41 Å². The maximum Gasteiger partial charge on any atom is 0.330 e. The predicted octanol–water partition coefficient (Wildman–Crippen LogP) is 2.48. The molecule has 1 fully saturated rings. The summed E-state index contributed by atoms with van der Waals surface area (Å²) in [7, 11) is 0. The van der Waals surface area contributed by atoms with Crippen LogP contribution in [0.2, 0.25) is 0 Å². The lowest BCUT2D eigenvalue weighted by atomic mass is 9.73. The maximum absolute atomic E-state index is 11.9. The van der Waals surface area contributed by atoms with Crippen molar-refractivity contribution in [1.29, 1.82) is 0 Å². The van der Waals surface area contributed by atoms with Gasteiger partial charge in [-0.05, 0) is 39.2 Å². The second kappa shape index (κ2) is 6.16. The van der Waals surface area contributed by atoms with E-state index in [2.05, 4.69) is 24.3 Å². The van der Waals surface area contributed by atoms with Crippen LogP contribution in [0.15, 0.2) is 30.3 Å². The highest BCUT2D eigenvalue weighted by molar-refractivity contribution is 5.75. The predicted molar refractivity (Wildman–Crippen MR) is 83.5 cm³/mol. The van der Waals surface area contributed by atoms with Crippen LogP contribution < -0.4 is 5.73 Å². The number of piperidine rings is 1. The minimum Gasteiger partial charge on any atom is -0.367 e. The number of carbonyl (C=O) groups is 1. The molecule has 0 aliphatic carbocycles. The number of benzene rings is 1. The summed E-state index contributed by atoms with van der Waals surface area (Å²) in [6.45, 7) is 7.69. The Labute approximate surface area is 127 Å². The third-order valence-corrected chi connectivity index (χ3v) is 4.28. The second-order valence-electron chi connectivity index (χ2n) is 6.91. The van der Waals surface area contributed by atoms with Crippen molar-refractivity contribution >= 4 is 5.97 Å². The van der Waals surface area contributed by atoms with E-state index in [1.54, 1.807) is 5.06 Å². The van der Waals surface area contributed by atoms with Crippen molar-refractivity contribution in [3.8, 4) is 0 Å². The van der Waals surface area contributed by atoms with Gasteiger partial charge in [0, 0.05) is 25.0 Å². The van der Waals surface area contributed by atoms with E-state index in [1.165, 1.54) is 5.56 Å². The van der Waals surface area contributed by atoms with Gasteiger partial charge < -0.3 is 10.6 Å². The molecule has 1 aromatic carbocycles. The minimum absolute atomic E-state index is 0.00585. The van der Waals surface area contributed by atoms with Crippen LogP contribution in [0.3, 0.4) is 0 Å². The number of hydrogen-bond donors (Lipinski definition) is 1. The molecule has 0 bridgehead atoms.